The summed E-state index contributed by atoms with van der Waals surface area (Å²) in [4.78, 5) is 17.3. The second kappa shape index (κ2) is 9.17. The van der Waals surface area contributed by atoms with Crippen LogP contribution in [0.3, 0.4) is 0 Å². The molecule has 5 rings (SSSR count). The first-order valence-corrected chi connectivity index (χ1v) is 13.6. The first kappa shape index (κ1) is 23.6. The lowest BCUT2D eigenvalue weighted by Gasteiger charge is -2.13. The van der Waals surface area contributed by atoms with Crippen LogP contribution >= 0.6 is 11.3 Å². The summed E-state index contributed by atoms with van der Waals surface area (Å²) < 4.78 is 30.6. The first-order chi connectivity index (χ1) is 17.2. The van der Waals surface area contributed by atoms with E-state index in [4.69, 9.17) is 10.5 Å². The Bertz CT molecular complexity index is 1700. The lowest BCUT2D eigenvalue weighted by atomic mass is 10.1. The Labute approximate surface area is 212 Å². The van der Waals surface area contributed by atoms with Crippen LogP contribution in [0.25, 0.3) is 22.2 Å². The number of benzene rings is 2. The summed E-state index contributed by atoms with van der Waals surface area (Å²) in [6.45, 7) is 3.88. The number of thiazole rings is 1. The van der Waals surface area contributed by atoms with Crippen LogP contribution in [0.4, 0.5) is 16.6 Å². The number of aryl methyl sites for hydroxylation is 2. The van der Waals surface area contributed by atoms with Gasteiger partial charge in [0.25, 0.3) is 0 Å². The van der Waals surface area contributed by atoms with Gasteiger partial charge in [-0.05, 0) is 61.9 Å². The van der Waals surface area contributed by atoms with Gasteiger partial charge in [-0.3, -0.25) is 4.98 Å². The second-order valence-electron chi connectivity index (χ2n) is 8.26. The van der Waals surface area contributed by atoms with Crippen molar-refractivity contribution in [3.05, 3.63) is 72.3 Å². The highest BCUT2D eigenvalue weighted by molar-refractivity contribution is 7.93. The molecule has 5 aromatic rings. The molecule has 0 saturated carbocycles. The van der Waals surface area contributed by atoms with Crippen LogP contribution < -0.4 is 15.8 Å². The molecule has 3 N–H and O–H groups in total. The van der Waals surface area contributed by atoms with Gasteiger partial charge in [0, 0.05) is 28.6 Å². The van der Waals surface area contributed by atoms with Gasteiger partial charge < -0.3 is 15.8 Å². The van der Waals surface area contributed by atoms with E-state index in [1.807, 2.05) is 50.2 Å². The van der Waals surface area contributed by atoms with Crippen LogP contribution in [0, 0.1) is 13.8 Å². The lowest BCUT2D eigenvalue weighted by molar-refractivity contribution is 0.476. The quantitative estimate of drug-likeness (QED) is 0.308. The molecule has 0 unspecified atom stereocenters. The van der Waals surface area contributed by atoms with Crippen molar-refractivity contribution in [3.63, 3.8) is 0 Å². The molecule has 0 aliphatic heterocycles. The second-order valence-corrected chi connectivity index (χ2v) is 11.5. The average Bonchev–Trinajstić information content (AvgIpc) is 3.24. The maximum atomic E-state index is 12.3. The van der Waals surface area contributed by atoms with Crippen molar-refractivity contribution < 1.29 is 13.2 Å². The monoisotopic (exact) mass is 518 g/mol. The molecule has 0 fully saturated rings. The highest BCUT2D eigenvalue weighted by atomic mass is 32.2. The number of pyridine rings is 1. The van der Waals surface area contributed by atoms with Gasteiger partial charge >= 0.3 is 0 Å². The van der Waals surface area contributed by atoms with E-state index in [-0.39, 0.29) is 9.34 Å². The number of ether oxygens (including phenoxy) is 1. The first-order valence-electron chi connectivity index (χ1n) is 10.9. The van der Waals surface area contributed by atoms with E-state index < -0.39 is 9.84 Å². The summed E-state index contributed by atoms with van der Waals surface area (Å²) in [5.41, 5.74) is 10.1. The summed E-state index contributed by atoms with van der Waals surface area (Å²) >= 11 is 0.948. The predicted octanol–water partition coefficient (Wildman–Crippen LogP) is 5.29. The van der Waals surface area contributed by atoms with Gasteiger partial charge in [-0.25, -0.2) is 23.4 Å². The van der Waals surface area contributed by atoms with E-state index in [1.54, 1.807) is 18.3 Å². The topological polar surface area (TPSA) is 133 Å². The third kappa shape index (κ3) is 4.83. The van der Waals surface area contributed by atoms with E-state index in [0.717, 1.165) is 40.3 Å². The number of hydrogen-bond acceptors (Lipinski definition) is 10. The van der Waals surface area contributed by atoms with Crippen molar-refractivity contribution in [2.45, 2.75) is 18.1 Å². The van der Waals surface area contributed by atoms with E-state index in [0.29, 0.717) is 33.7 Å². The summed E-state index contributed by atoms with van der Waals surface area (Å²) in [7, 11) is -3.49. The Morgan fingerprint density at radius 2 is 1.83 bits per heavy atom. The predicted molar refractivity (Wildman–Crippen MR) is 142 cm³/mol. The Morgan fingerprint density at radius 1 is 1.00 bits per heavy atom. The highest BCUT2D eigenvalue weighted by Gasteiger charge is 2.21. The summed E-state index contributed by atoms with van der Waals surface area (Å²) in [6.07, 6.45) is 4.31. The van der Waals surface area contributed by atoms with Crippen LogP contribution in [0.5, 0.6) is 11.5 Å². The zero-order chi connectivity index (χ0) is 25.4. The molecule has 0 atom stereocenters. The van der Waals surface area contributed by atoms with Crippen LogP contribution in [0.15, 0.2) is 65.3 Å². The number of anilines is 3. The third-order valence-corrected chi connectivity index (χ3v) is 8.11. The normalized spacial score (nSPS) is 11.5. The molecular formula is C25H22N6O3S2. The van der Waals surface area contributed by atoms with Crippen LogP contribution in [0.2, 0.25) is 0 Å². The number of aromatic nitrogens is 4. The Kier molecular flexibility index (Phi) is 6.02. The molecule has 36 heavy (non-hydrogen) atoms. The molecule has 9 nitrogen and oxygen atoms in total. The number of nitrogens with zero attached hydrogens (tertiary/aromatic N) is 4. The molecule has 0 spiro atoms. The molecule has 3 aromatic heterocycles. The van der Waals surface area contributed by atoms with E-state index in [1.165, 1.54) is 6.33 Å². The van der Waals surface area contributed by atoms with Gasteiger partial charge in [0.1, 0.15) is 33.5 Å². The van der Waals surface area contributed by atoms with E-state index >= 15 is 0 Å². The Hall–Kier alpha value is -4.09. The SMILES string of the molecule is Cc1ccc(Oc2ccc(Nc3ncnc4ccc(-c5nc(N)sc5S(C)(=O)=O)cc34)cc2C)cn1. The number of nitrogens with two attached hydrogens (primary N) is 1. The summed E-state index contributed by atoms with van der Waals surface area (Å²) in [5.74, 6) is 1.95. The Morgan fingerprint density at radius 3 is 2.56 bits per heavy atom. The minimum atomic E-state index is -3.49. The van der Waals surface area contributed by atoms with Crippen molar-refractivity contribution in [1.29, 1.82) is 0 Å². The fraction of sp³-hybridized carbons (Fsp3) is 0.120. The minimum Gasteiger partial charge on any atom is -0.455 e. The molecule has 2 aromatic carbocycles. The minimum absolute atomic E-state index is 0.126. The fourth-order valence-corrected chi connectivity index (χ4v) is 5.64. The number of sulfone groups is 1. The standard InChI is InChI=1S/C25H22N6O3S2/c1-14-10-17(6-9-21(14)34-18-7-4-15(2)27-12-18)30-23-19-11-16(5-8-20(19)28-13-29-23)22-24(36(3,32)33)35-25(26)31-22/h4-13H,1-3H3,(H2,26,31)(H,28,29,30). The molecule has 11 heteroatoms. The molecule has 0 saturated heterocycles. The van der Waals surface area contributed by atoms with Crippen molar-refractivity contribution in [2.75, 3.05) is 17.3 Å². The van der Waals surface area contributed by atoms with Crippen LogP contribution in [0.1, 0.15) is 11.3 Å². The smallest absolute Gasteiger partial charge is 0.187 e. The van der Waals surface area contributed by atoms with E-state index in [2.05, 4.69) is 25.3 Å². The molecule has 0 amide bonds. The highest BCUT2D eigenvalue weighted by Crippen LogP contribution is 2.36. The van der Waals surface area contributed by atoms with Gasteiger partial charge in [0.05, 0.1) is 11.7 Å². The van der Waals surface area contributed by atoms with Crippen molar-refractivity contribution in [3.8, 4) is 22.8 Å². The van der Waals surface area contributed by atoms with E-state index in [9.17, 15) is 8.42 Å². The summed E-state index contributed by atoms with van der Waals surface area (Å²) in [5, 5.41) is 4.24. The zero-order valence-electron chi connectivity index (χ0n) is 19.7. The van der Waals surface area contributed by atoms with Gasteiger partial charge in [0.2, 0.25) is 0 Å². The molecule has 3 heterocycles. The largest absolute Gasteiger partial charge is 0.455 e. The van der Waals surface area contributed by atoms with Gasteiger partial charge in [-0.15, -0.1) is 0 Å². The third-order valence-electron chi connectivity index (χ3n) is 5.41. The maximum absolute atomic E-state index is 12.3. The molecule has 182 valence electrons. The lowest BCUT2D eigenvalue weighted by Crippen LogP contribution is -1.99. The summed E-state index contributed by atoms with van der Waals surface area (Å²) in [6, 6.07) is 14.9. The van der Waals surface area contributed by atoms with Crippen molar-refractivity contribution in [2.24, 2.45) is 0 Å². The van der Waals surface area contributed by atoms with Gasteiger partial charge in [-0.1, -0.05) is 17.4 Å². The maximum Gasteiger partial charge on any atom is 0.187 e. The van der Waals surface area contributed by atoms with Crippen molar-refractivity contribution >= 4 is 48.7 Å². The molecule has 0 radical (unpaired) electrons. The van der Waals surface area contributed by atoms with Crippen LogP contribution in [-0.2, 0) is 9.84 Å². The number of rotatable bonds is 6. The van der Waals surface area contributed by atoms with Crippen LogP contribution in [-0.4, -0.2) is 34.6 Å². The molecule has 0 aliphatic carbocycles. The fourth-order valence-electron chi connectivity index (χ4n) is 3.68. The number of fused-ring (bicyclic) bond motifs is 1. The molecule has 0 aliphatic rings. The van der Waals surface area contributed by atoms with Crippen molar-refractivity contribution in [1.82, 2.24) is 19.9 Å². The van der Waals surface area contributed by atoms with Gasteiger partial charge in [0.15, 0.2) is 15.0 Å². The number of nitrogens with one attached hydrogen (secondary N) is 1. The number of hydrogen-bond donors (Lipinski definition) is 2. The zero-order valence-corrected chi connectivity index (χ0v) is 21.3. The average molecular weight is 519 g/mol. The molecule has 0 bridgehead atoms. The Balaban J connectivity index is 1.48. The van der Waals surface area contributed by atoms with Gasteiger partial charge in [-0.2, -0.15) is 0 Å². The number of nitrogen functional groups attached to an aromatic ring is 1. The molecular weight excluding hydrogens is 496 g/mol.